The van der Waals surface area contributed by atoms with Gasteiger partial charge in [0.15, 0.2) is 6.10 Å². The molecule has 0 aromatic heterocycles. The smallest absolute Gasteiger partial charge is 0.306 e. The van der Waals surface area contributed by atoms with Crippen LogP contribution in [0.4, 0.5) is 0 Å². The molecule has 0 heterocycles. The summed E-state index contributed by atoms with van der Waals surface area (Å²) in [4.78, 5) is 37.4. The predicted octanol–water partition coefficient (Wildman–Crippen LogP) is 14.2. The van der Waals surface area contributed by atoms with Crippen LogP contribution < -0.4 is 0 Å². The minimum Gasteiger partial charge on any atom is -0.462 e. The molecule has 0 rings (SSSR count). The number of hydrogen-bond acceptors (Lipinski definition) is 6. The first-order valence-electron chi connectivity index (χ1n) is 22.7. The normalized spacial score (nSPS) is 12.1. The van der Waals surface area contributed by atoms with Crippen molar-refractivity contribution in [2.75, 3.05) is 13.2 Å². The molecule has 0 saturated carbocycles. The first-order chi connectivity index (χ1) is 25.2. The Labute approximate surface area is 323 Å². The van der Waals surface area contributed by atoms with Crippen molar-refractivity contribution in [2.24, 2.45) is 11.8 Å². The molecule has 0 N–H and O–H groups in total. The number of unbranched alkanes of at least 4 members (excludes halogenated alkanes) is 25. The lowest BCUT2D eigenvalue weighted by atomic mass is 10.0. The molecule has 52 heavy (non-hydrogen) atoms. The van der Waals surface area contributed by atoms with Crippen molar-refractivity contribution in [1.29, 1.82) is 0 Å². The zero-order chi connectivity index (χ0) is 38.3. The second-order valence-electron chi connectivity index (χ2n) is 16.6. The largest absolute Gasteiger partial charge is 0.462 e. The van der Waals surface area contributed by atoms with E-state index >= 15 is 0 Å². The van der Waals surface area contributed by atoms with Gasteiger partial charge in [0, 0.05) is 19.3 Å². The molecule has 6 heteroatoms. The predicted molar refractivity (Wildman–Crippen MR) is 220 cm³/mol. The highest BCUT2D eigenvalue weighted by Crippen LogP contribution is 2.16. The van der Waals surface area contributed by atoms with Gasteiger partial charge >= 0.3 is 17.9 Å². The van der Waals surface area contributed by atoms with E-state index < -0.39 is 6.10 Å². The van der Waals surface area contributed by atoms with Crippen LogP contribution in [-0.4, -0.2) is 37.2 Å². The first kappa shape index (κ1) is 50.4. The van der Waals surface area contributed by atoms with Crippen LogP contribution in [0.25, 0.3) is 0 Å². The summed E-state index contributed by atoms with van der Waals surface area (Å²) in [6, 6.07) is 0. The highest BCUT2D eigenvalue weighted by molar-refractivity contribution is 5.71. The number of rotatable bonds is 40. The molecule has 1 atom stereocenters. The lowest BCUT2D eigenvalue weighted by Crippen LogP contribution is -2.30. The van der Waals surface area contributed by atoms with Gasteiger partial charge in [-0.05, 0) is 31.1 Å². The van der Waals surface area contributed by atoms with Crippen LogP contribution in [-0.2, 0) is 28.6 Å². The monoisotopic (exact) mass is 737 g/mol. The van der Waals surface area contributed by atoms with Crippen molar-refractivity contribution in [1.82, 2.24) is 0 Å². The minimum atomic E-state index is -0.758. The molecule has 0 aliphatic rings. The van der Waals surface area contributed by atoms with Crippen LogP contribution >= 0.6 is 0 Å². The summed E-state index contributed by atoms with van der Waals surface area (Å²) in [5.74, 6) is 0.773. The Bertz CT molecular complexity index is 794. The molecule has 6 nitrogen and oxygen atoms in total. The van der Waals surface area contributed by atoms with Gasteiger partial charge in [0.1, 0.15) is 13.2 Å². The highest BCUT2D eigenvalue weighted by atomic mass is 16.6. The van der Waals surface area contributed by atoms with Crippen LogP contribution in [0.3, 0.4) is 0 Å². The number of carbonyl (C=O) groups is 3. The number of ether oxygens (including phenoxy) is 3. The van der Waals surface area contributed by atoms with Gasteiger partial charge < -0.3 is 14.2 Å². The van der Waals surface area contributed by atoms with Gasteiger partial charge in [0.25, 0.3) is 0 Å². The Kier molecular flexibility index (Phi) is 37.9. The average molecular weight is 737 g/mol. The Morgan fingerprint density at radius 1 is 0.365 bits per heavy atom. The standard InChI is InChI=1S/C46H88O6/c1-6-7-8-24-33-38-46(49)52-43(40-51-45(48)37-32-28-23-19-18-21-26-30-35-42(4)5)39-50-44(47)36-31-27-22-17-15-13-11-9-10-12-14-16-20-25-29-34-41(2)3/h41-43H,6-40H2,1-5H3/t43-/m1/s1. The van der Waals surface area contributed by atoms with Crippen LogP contribution in [0.15, 0.2) is 0 Å². The second kappa shape index (κ2) is 39.1. The zero-order valence-corrected chi connectivity index (χ0v) is 35.4. The van der Waals surface area contributed by atoms with Gasteiger partial charge in [-0.25, -0.2) is 0 Å². The topological polar surface area (TPSA) is 78.9 Å². The second-order valence-corrected chi connectivity index (χ2v) is 16.6. The van der Waals surface area contributed by atoms with Gasteiger partial charge in [0.2, 0.25) is 0 Å². The van der Waals surface area contributed by atoms with E-state index in [9.17, 15) is 14.4 Å². The molecule has 0 aromatic carbocycles. The van der Waals surface area contributed by atoms with Crippen LogP contribution in [0.2, 0.25) is 0 Å². The summed E-state index contributed by atoms with van der Waals surface area (Å²) in [6.45, 7) is 11.2. The summed E-state index contributed by atoms with van der Waals surface area (Å²) in [7, 11) is 0. The highest BCUT2D eigenvalue weighted by Gasteiger charge is 2.19. The molecule has 0 unspecified atom stereocenters. The minimum absolute atomic E-state index is 0.0663. The fourth-order valence-electron chi connectivity index (χ4n) is 6.75. The Morgan fingerprint density at radius 2 is 0.635 bits per heavy atom. The van der Waals surface area contributed by atoms with Crippen molar-refractivity contribution < 1.29 is 28.6 Å². The third kappa shape index (κ3) is 39.6. The number of hydrogen-bond donors (Lipinski definition) is 0. The molecule has 308 valence electrons. The van der Waals surface area contributed by atoms with Crippen molar-refractivity contribution in [2.45, 2.75) is 253 Å². The van der Waals surface area contributed by atoms with E-state index in [1.54, 1.807) is 0 Å². The summed E-state index contributed by atoms with van der Waals surface area (Å²) in [5, 5.41) is 0. The molecule has 0 aliphatic carbocycles. The molecule has 0 bridgehead atoms. The third-order valence-corrected chi connectivity index (χ3v) is 10.2. The summed E-state index contributed by atoms with van der Waals surface area (Å²) >= 11 is 0. The maximum atomic E-state index is 12.5. The molecule has 0 amide bonds. The van der Waals surface area contributed by atoms with Crippen molar-refractivity contribution >= 4 is 17.9 Å². The average Bonchev–Trinajstić information content (AvgIpc) is 3.11. The Morgan fingerprint density at radius 3 is 0.942 bits per heavy atom. The van der Waals surface area contributed by atoms with Crippen molar-refractivity contribution in [3.8, 4) is 0 Å². The fraction of sp³-hybridized carbons (Fsp3) is 0.935. The summed E-state index contributed by atoms with van der Waals surface area (Å²) in [5.41, 5.74) is 0. The third-order valence-electron chi connectivity index (χ3n) is 10.2. The zero-order valence-electron chi connectivity index (χ0n) is 35.4. The fourth-order valence-corrected chi connectivity index (χ4v) is 6.75. The van der Waals surface area contributed by atoms with Gasteiger partial charge in [0.05, 0.1) is 0 Å². The van der Waals surface area contributed by atoms with Gasteiger partial charge in [-0.15, -0.1) is 0 Å². The van der Waals surface area contributed by atoms with Crippen LogP contribution in [0.1, 0.15) is 247 Å². The summed E-state index contributed by atoms with van der Waals surface area (Å²) in [6.07, 6.45) is 37.0. The molecule has 0 radical (unpaired) electrons. The van der Waals surface area contributed by atoms with E-state index in [0.29, 0.717) is 19.3 Å². The van der Waals surface area contributed by atoms with Gasteiger partial charge in [-0.1, -0.05) is 208 Å². The summed E-state index contributed by atoms with van der Waals surface area (Å²) < 4.78 is 16.6. The van der Waals surface area contributed by atoms with Gasteiger partial charge in [-0.3, -0.25) is 14.4 Å². The maximum Gasteiger partial charge on any atom is 0.306 e. The first-order valence-corrected chi connectivity index (χ1v) is 22.7. The molecule has 0 saturated heterocycles. The maximum absolute atomic E-state index is 12.5. The van der Waals surface area contributed by atoms with E-state index in [4.69, 9.17) is 14.2 Å². The molecule has 0 aliphatic heterocycles. The molecule has 0 spiro atoms. The number of carbonyl (C=O) groups excluding carboxylic acids is 3. The van der Waals surface area contributed by atoms with Gasteiger partial charge in [-0.2, -0.15) is 0 Å². The van der Waals surface area contributed by atoms with Crippen molar-refractivity contribution in [3.05, 3.63) is 0 Å². The Hall–Kier alpha value is -1.59. The van der Waals surface area contributed by atoms with E-state index in [1.807, 2.05) is 0 Å². The SMILES string of the molecule is CCCCCCCC(=O)O[C@H](COC(=O)CCCCCCCCCCCCCCCCCC(C)C)COC(=O)CCCCCCCCCCC(C)C. The van der Waals surface area contributed by atoms with E-state index in [-0.39, 0.29) is 31.1 Å². The molecule has 0 aromatic rings. The van der Waals surface area contributed by atoms with Crippen LogP contribution in [0, 0.1) is 11.8 Å². The quantitative estimate of drug-likeness (QED) is 0.0354. The van der Waals surface area contributed by atoms with E-state index in [2.05, 4.69) is 34.6 Å². The van der Waals surface area contributed by atoms with Crippen molar-refractivity contribution in [3.63, 3.8) is 0 Å². The van der Waals surface area contributed by atoms with E-state index in [0.717, 1.165) is 76.0 Å². The Balaban J connectivity index is 4.09. The molecular formula is C46H88O6. The molecule has 0 fully saturated rings. The number of esters is 3. The molecular weight excluding hydrogens is 649 g/mol. The lowest BCUT2D eigenvalue weighted by molar-refractivity contribution is -0.167. The van der Waals surface area contributed by atoms with Crippen LogP contribution in [0.5, 0.6) is 0 Å². The lowest BCUT2D eigenvalue weighted by Gasteiger charge is -2.18. The van der Waals surface area contributed by atoms with E-state index in [1.165, 1.54) is 128 Å².